The lowest BCUT2D eigenvalue weighted by Crippen LogP contribution is -2.31. The van der Waals surface area contributed by atoms with E-state index in [4.69, 9.17) is 4.74 Å². The number of hydrogen-bond donors (Lipinski definition) is 1. The van der Waals surface area contributed by atoms with E-state index in [-0.39, 0.29) is 5.97 Å². The summed E-state index contributed by atoms with van der Waals surface area (Å²) in [6.07, 6.45) is -3.67. The minimum absolute atomic E-state index is 0.292. The van der Waals surface area contributed by atoms with Crippen LogP contribution in [0.15, 0.2) is 36.4 Å². The molecule has 2 aromatic rings. The van der Waals surface area contributed by atoms with E-state index in [0.29, 0.717) is 37.5 Å². The van der Waals surface area contributed by atoms with Crippen LogP contribution in [0.5, 0.6) is 5.75 Å². The van der Waals surface area contributed by atoms with E-state index < -0.39 is 17.2 Å². The van der Waals surface area contributed by atoms with Gasteiger partial charge in [0.25, 0.3) is 0 Å². The van der Waals surface area contributed by atoms with Gasteiger partial charge in [0.15, 0.2) is 0 Å². The maximum absolute atomic E-state index is 13.1. The fourth-order valence-electron chi connectivity index (χ4n) is 3.38. The van der Waals surface area contributed by atoms with Crippen LogP contribution in [0.1, 0.15) is 44.4 Å². The summed E-state index contributed by atoms with van der Waals surface area (Å²) in [6.45, 7) is 9.03. The van der Waals surface area contributed by atoms with Crippen molar-refractivity contribution in [3.63, 3.8) is 0 Å². The zero-order chi connectivity index (χ0) is 22.1. The molecule has 0 saturated heterocycles. The Bertz CT molecular complexity index is 933. The van der Waals surface area contributed by atoms with Crippen LogP contribution in [-0.4, -0.2) is 19.1 Å². The molecule has 0 fully saturated rings. The van der Waals surface area contributed by atoms with Gasteiger partial charge in [-0.15, -0.1) is 0 Å². The van der Waals surface area contributed by atoms with E-state index in [2.05, 4.69) is 10.2 Å². The summed E-state index contributed by atoms with van der Waals surface area (Å²) < 4.78 is 44.8. The largest absolute Gasteiger partial charge is 0.426 e. The zero-order valence-corrected chi connectivity index (χ0v) is 17.7. The predicted octanol–water partition coefficient (Wildman–Crippen LogP) is 5.65. The highest BCUT2D eigenvalue weighted by Crippen LogP contribution is 2.37. The van der Waals surface area contributed by atoms with Crippen molar-refractivity contribution < 1.29 is 22.7 Å². The normalized spacial score (nSPS) is 14.3. The summed E-state index contributed by atoms with van der Waals surface area (Å²) in [6, 6.07) is 9.40. The van der Waals surface area contributed by atoms with Crippen LogP contribution in [0.4, 0.5) is 24.5 Å². The van der Waals surface area contributed by atoms with Crippen molar-refractivity contribution in [1.82, 2.24) is 0 Å². The van der Waals surface area contributed by atoms with Gasteiger partial charge in [-0.25, -0.2) is 0 Å². The number of ether oxygens (including phenoxy) is 1. The lowest BCUT2D eigenvalue weighted by molar-refractivity contribution is -0.143. The molecule has 0 aliphatic carbocycles. The number of anilines is 2. The molecule has 0 atom stereocenters. The molecule has 4 nitrogen and oxygen atoms in total. The SMILES string of the molecule is CCNc1cc(C(F)(F)F)ccc1N1CCc2cc(OC(=O)C(C)(C)C)ccc2C1. The van der Waals surface area contributed by atoms with Gasteiger partial charge in [0.2, 0.25) is 0 Å². The van der Waals surface area contributed by atoms with E-state index in [1.807, 2.05) is 19.1 Å². The molecule has 0 unspecified atom stereocenters. The van der Waals surface area contributed by atoms with Gasteiger partial charge in [-0.05, 0) is 75.6 Å². The first-order valence-corrected chi connectivity index (χ1v) is 10.0. The molecule has 2 aromatic carbocycles. The third-order valence-corrected chi connectivity index (χ3v) is 5.04. The topological polar surface area (TPSA) is 41.6 Å². The Morgan fingerprint density at radius 2 is 1.83 bits per heavy atom. The monoisotopic (exact) mass is 420 g/mol. The van der Waals surface area contributed by atoms with Crippen LogP contribution in [-0.2, 0) is 23.9 Å². The third kappa shape index (κ3) is 4.89. The summed E-state index contributed by atoms with van der Waals surface area (Å²) in [4.78, 5) is 14.2. The zero-order valence-electron chi connectivity index (χ0n) is 17.7. The summed E-state index contributed by atoms with van der Waals surface area (Å²) in [5.74, 6) is 0.227. The molecule has 0 radical (unpaired) electrons. The molecule has 1 aliphatic heterocycles. The van der Waals surface area contributed by atoms with E-state index in [1.54, 1.807) is 26.8 Å². The second kappa shape index (κ2) is 8.20. The van der Waals surface area contributed by atoms with E-state index >= 15 is 0 Å². The number of benzene rings is 2. The highest BCUT2D eigenvalue weighted by molar-refractivity contribution is 5.78. The molecular formula is C23H27F3N2O2. The molecule has 0 bridgehead atoms. The molecule has 0 saturated carbocycles. The van der Waals surface area contributed by atoms with Crippen molar-refractivity contribution in [2.45, 2.75) is 46.8 Å². The molecule has 0 spiro atoms. The number of nitrogens with zero attached hydrogens (tertiary/aromatic N) is 1. The molecule has 0 aromatic heterocycles. The lowest BCUT2D eigenvalue weighted by atomic mass is 9.97. The minimum atomic E-state index is -4.38. The Labute approximate surface area is 175 Å². The quantitative estimate of drug-likeness (QED) is 0.513. The number of carbonyl (C=O) groups excluding carboxylic acids is 1. The highest BCUT2D eigenvalue weighted by Gasteiger charge is 2.32. The van der Waals surface area contributed by atoms with Crippen molar-refractivity contribution in [2.75, 3.05) is 23.3 Å². The van der Waals surface area contributed by atoms with Gasteiger partial charge in [0.05, 0.1) is 22.4 Å². The average molecular weight is 420 g/mol. The molecule has 30 heavy (non-hydrogen) atoms. The Hall–Kier alpha value is -2.70. The Morgan fingerprint density at radius 3 is 2.47 bits per heavy atom. The highest BCUT2D eigenvalue weighted by atomic mass is 19.4. The number of halogens is 3. The first-order chi connectivity index (χ1) is 14.0. The summed E-state index contributed by atoms with van der Waals surface area (Å²) >= 11 is 0. The molecule has 1 aliphatic rings. The minimum Gasteiger partial charge on any atom is -0.426 e. The number of fused-ring (bicyclic) bond motifs is 1. The van der Waals surface area contributed by atoms with Crippen molar-refractivity contribution in [1.29, 1.82) is 0 Å². The maximum atomic E-state index is 13.1. The standard InChI is InChI=1S/C23H27F3N2O2/c1-5-27-19-13-17(23(24,25)26)7-9-20(19)28-11-10-15-12-18(8-6-16(15)14-28)30-21(29)22(2,3)4/h6-9,12-13,27H,5,10-11,14H2,1-4H3. The van der Waals surface area contributed by atoms with Gasteiger partial charge in [-0.3, -0.25) is 4.79 Å². The molecule has 7 heteroatoms. The van der Waals surface area contributed by atoms with Crippen LogP contribution < -0.4 is 15.0 Å². The van der Waals surface area contributed by atoms with E-state index in [0.717, 1.165) is 22.9 Å². The first kappa shape index (κ1) is 22.0. The van der Waals surface area contributed by atoms with E-state index in [1.165, 1.54) is 12.1 Å². The summed E-state index contributed by atoms with van der Waals surface area (Å²) in [7, 11) is 0. The molecule has 1 heterocycles. The van der Waals surface area contributed by atoms with Gasteiger partial charge < -0.3 is 15.0 Å². The number of nitrogens with one attached hydrogen (secondary N) is 1. The van der Waals surface area contributed by atoms with Crippen LogP contribution in [0.3, 0.4) is 0 Å². The number of alkyl halides is 3. The average Bonchev–Trinajstić information content (AvgIpc) is 2.66. The Morgan fingerprint density at radius 1 is 1.10 bits per heavy atom. The van der Waals surface area contributed by atoms with Gasteiger partial charge in [0, 0.05) is 19.6 Å². The second-order valence-electron chi connectivity index (χ2n) is 8.50. The fourth-order valence-corrected chi connectivity index (χ4v) is 3.38. The van der Waals surface area contributed by atoms with Crippen LogP contribution in [0.25, 0.3) is 0 Å². The summed E-state index contributed by atoms with van der Waals surface area (Å²) in [5, 5.41) is 3.06. The van der Waals surface area contributed by atoms with Gasteiger partial charge >= 0.3 is 12.1 Å². The first-order valence-electron chi connectivity index (χ1n) is 10.0. The second-order valence-corrected chi connectivity index (χ2v) is 8.50. The van der Waals surface area contributed by atoms with Crippen molar-refractivity contribution in [2.24, 2.45) is 5.41 Å². The van der Waals surface area contributed by atoms with Gasteiger partial charge in [-0.1, -0.05) is 6.07 Å². The molecule has 1 N–H and O–H groups in total. The van der Waals surface area contributed by atoms with Crippen LogP contribution in [0.2, 0.25) is 0 Å². The Balaban J connectivity index is 1.82. The molecule has 162 valence electrons. The predicted molar refractivity (Wildman–Crippen MR) is 112 cm³/mol. The van der Waals surface area contributed by atoms with Crippen molar-refractivity contribution >= 4 is 17.3 Å². The molecular weight excluding hydrogens is 393 g/mol. The smallest absolute Gasteiger partial charge is 0.416 e. The lowest BCUT2D eigenvalue weighted by Gasteiger charge is -2.33. The molecule has 3 rings (SSSR count). The van der Waals surface area contributed by atoms with Crippen molar-refractivity contribution in [3.8, 4) is 5.75 Å². The molecule has 0 amide bonds. The number of carbonyl (C=O) groups is 1. The number of hydrogen-bond acceptors (Lipinski definition) is 4. The Kier molecular flexibility index (Phi) is 6.01. The number of esters is 1. The third-order valence-electron chi connectivity index (χ3n) is 5.04. The maximum Gasteiger partial charge on any atom is 0.416 e. The van der Waals surface area contributed by atoms with E-state index in [9.17, 15) is 18.0 Å². The van der Waals surface area contributed by atoms with Gasteiger partial charge in [-0.2, -0.15) is 13.2 Å². The van der Waals surface area contributed by atoms with Crippen molar-refractivity contribution in [3.05, 3.63) is 53.1 Å². The summed E-state index contributed by atoms with van der Waals surface area (Å²) in [5.41, 5.74) is 2.13. The van der Waals surface area contributed by atoms with Gasteiger partial charge in [0.1, 0.15) is 5.75 Å². The van der Waals surface area contributed by atoms with Crippen LogP contribution >= 0.6 is 0 Å². The fraction of sp³-hybridized carbons (Fsp3) is 0.435. The number of rotatable bonds is 4. The van der Waals surface area contributed by atoms with Crippen LogP contribution in [0, 0.1) is 5.41 Å².